The van der Waals surface area contributed by atoms with Crippen LogP contribution in [0.1, 0.15) is 310 Å². The number of hydrogen-bond acceptors (Lipinski definition) is 6. The number of rotatable bonds is 58. The van der Waals surface area contributed by atoms with Crippen molar-refractivity contribution < 1.29 is 28.6 Å². The molecule has 0 aromatic carbocycles. The van der Waals surface area contributed by atoms with Gasteiger partial charge in [0.2, 0.25) is 0 Å². The molecule has 1 unspecified atom stereocenters. The van der Waals surface area contributed by atoms with Gasteiger partial charge in [-0.05, 0) is 96.3 Å². The van der Waals surface area contributed by atoms with Crippen LogP contribution in [0.2, 0.25) is 0 Å². The number of allylic oxidation sites excluding steroid dienone is 16. The molecule has 436 valence electrons. The molecular weight excluding hydrogens is 937 g/mol. The van der Waals surface area contributed by atoms with Gasteiger partial charge in [-0.3, -0.25) is 14.4 Å². The molecule has 0 heterocycles. The van der Waals surface area contributed by atoms with Crippen LogP contribution in [0, 0.1) is 0 Å². The monoisotopic (exact) mass is 1060 g/mol. The number of ether oxygens (including phenoxy) is 3. The maximum Gasteiger partial charge on any atom is 0.306 e. The number of carbonyl (C=O) groups excluding carboxylic acids is 3. The van der Waals surface area contributed by atoms with Crippen molar-refractivity contribution in [3.05, 3.63) is 97.2 Å². The lowest BCUT2D eigenvalue weighted by molar-refractivity contribution is -0.167. The van der Waals surface area contributed by atoms with E-state index in [0.717, 1.165) is 116 Å². The molecule has 0 amide bonds. The molecule has 6 nitrogen and oxygen atoms in total. The van der Waals surface area contributed by atoms with E-state index in [0.29, 0.717) is 19.3 Å². The Morgan fingerprint density at radius 1 is 0.276 bits per heavy atom. The van der Waals surface area contributed by atoms with E-state index in [1.807, 2.05) is 0 Å². The molecule has 0 fully saturated rings. The predicted octanol–water partition coefficient (Wildman–Crippen LogP) is 22.0. The zero-order valence-corrected chi connectivity index (χ0v) is 50.0. The van der Waals surface area contributed by atoms with Crippen LogP contribution in [0.15, 0.2) is 97.2 Å². The second-order valence-corrected chi connectivity index (χ2v) is 21.3. The predicted molar refractivity (Wildman–Crippen MR) is 330 cm³/mol. The maximum absolute atomic E-state index is 12.9. The minimum atomic E-state index is -0.790. The van der Waals surface area contributed by atoms with Crippen molar-refractivity contribution in [2.24, 2.45) is 0 Å². The highest BCUT2D eigenvalue weighted by molar-refractivity contribution is 5.71. The van der Waals surface area contributed by atoms with Crippen molar-refractivity contribution in [3.8, 4) is 0 Å². The van der Waals surface area contributed by atoms with Gasteiger partial charge in [0.15, 0.2) is 6.10 Å². The van der Waals surface area contributed by atoms with Gasteiger partial charge in [-0.25, -0.2) is 0 Å². The number of unbranched alkanes of at least 4 members (excludes halogenated alkanes) is 31. The smallest absolute Gasteiger partial charge is 0.306 e. The quantitative estimate of drug-likeness (QED) is 0.0261. The minimum Gasteiger partial charge on any atom is -0.462 e. The Morgan fingerprint density at radius 2 is 0.513 bits per heavy atom. The van der Waals surface area contributed by atoms with Crippen LogP contribution in [0.25, 0.3) is 0 Å². The Morgan fingerprint density at radius 3 is 0.816 bits per heavy atom. The third-order valence-electron chi connectivity index (χ3n) is 13.8. The summed E-state index contributed by atoms with van der Waals surface area (Å²) in [4.78, 5) is 38.3. The molecule has 0 rings (SSSR count). The zero-order valence-electron chi connectivity index (χ0n) is 50.0. The first-order valence-electron chi connectivity index (χ1n) is 32.2. The Bertz CT molecular complexity index is 1490. The lowest BCUT2D eigenvalue weighted by atomic mass is 10.0. The molecule has 0 aliphatic heterocycles. The summed E-state index contributed by atoms with van der Waals surface area (Å²) >= 11 is 0. The summed E-state index contributed by atoms with van der Waals surface area (Å²) in [5.41, 5.74) is 0. The lowest BCUT2D eigenvalue weighted by Crippen LogP contribution is -2.30. The van der Waals surface area contributed by atoms with Gasteiger partial charge in [-0.15, -0.1) is 0 Å². The molecule has 0 N–H and O–H groups in total. The fraction of sp³-hybridized carbons (Fsp3) is 0.729. The number of esters is 3. The van der Waals surface area contributed by atoms with E-state index < -0.39 is 6.10 Å². The second kappa shape index (κ2) is 63.9. The third-order valence-corrected chi connectivity index (χ3v) is 13.8. The zero-order chi connectivity index (χ0) is 55.0. The maximum atomic E-state index is 12.9. The molecule has 0 aromatic rings. The van der Waals surface area contributed by atoms with Gasteiger partial charge in [0, 0.05) is 19.3 Å². The van der Waals surface area contributed by atoms with E-state index >= 15 is 0 Å². The normalized spacial score (nSPS) is 12.7. The summed E-state index contributed by atoms with van der Waals surface area (Å²) in [5.74, 6) is -0.907. The molecule has 6 heteroatoms. The van der Waals surface area contributed by atoms with Crippen molar-refractivity contribution in [1.29, 1.82) is 0 Å². The molecule has 0 saturated carbocycles. The van der Waals surface area contributed by atoms with Crippen molar-refractivity contribution in [1.82, 2.24) is 0 Å². The fourth-order valence-corrected chi connectivity index (χ4v) is 9.07. The number of carbonyl (C=O) groups is 3. The summed E-state index contributed by atoms with van der Waals surface area (Å²) < 4.78 is 16.9. The summed E-state index contributed by atoms with van der Waals surface area (Å²) in [6, 6.07) is 0. The molecule has 0 radical (unpaired) electrons. The molecule has 0 aliphatic rings. The molecule has 1 atom stereocenters. The van der Waals surface area contributed by atoms with Crippen LogP contribution < -0.4 is 0 Å². The van der Waals surface area contributed by atoms with E-state index in [2.05, 4.69) is 118 Å². The molecule has 0 aliphatic carbocycles. The van der Waals surface area contributed by atoms with Crippen LogP contribution >= 0.6 is 0 Å². The van der Waals surface area contributed by atoms with Crippen molar-refractivity contribution in [2.45, 2.75) is 316 Å². The van der Waals surface area contributed by atoms with Crippen LogP contribution in [0.4, 0.5) is 0 Å². The standard InChI is InChI=1S/C70H120O6/c1-4-7-10-13-16-19-22-25-27-29-31-32-33-34-35-36-37-38-39-41-42-45-48-51-54-57-60-63-69(72)75-66-67(65-74-68(71)62-59-56-53-50-47-44-24-21-18-15-12-9-6-3)76-70(73)64-61-58-55-52-49-46-43-40-30-28-26-23-20-17-14-11-8-5-2/h7,9-10,12,16,18-19,21,25,27,31-32,34-35,44,47,67H,4-6,8,11,13-15,17,20,22-24,26,28-30,33,36-43,45-46,48-66H2,1-3H3/b10-7-,12-9-,19-16-,21-18-,27-25-,32-31-,35-34-,47-44-. The molecular formula is C70H120O6. The van der Waals surface area contributed by atoms with Gasteiger partial charge in [0.05, 0.1) is 0 Å². The first-order chi connectivity index (χ1) is 37.5. The first-order valence-corrected chi connectivity index (χ1v) is 32.2. The van der Waals surface area contributed by atoms with Gasteiger partial charge in [-0.1, -0.05) is 291 Å². The van der Waals surface area contributed by atoms with Crippen LogP contribution in [-0.4, -0.2) is 37.2 Å². The summed E-state index contributed by atoms with van der Waals surface area (Å²) in [7, 11) is 0. The van der Waals surface area contributed by atoms with E-state index in [1.54, 1.807) is 0 Å². The Kier molecular flexibility index (Phi) is 60.8. The highest BCUT2D eigenvalue weighted by Gasteiger charge is 2.19. The lowest BCUT2D eigenvalue weighted by Gasteiger charge is -2.18. The highest BCUT2D eigenvalue weighted by Crippen LogP contribution is 2.17. The molecule has 0 bridgehead atoms. The van der Waals surface area contributed by atoms with E-state index in [1.165, 1.54) is 154 Å². The molecule has 0 aromatic heterocycles. The van der Waals surface area contributed by atoms with Crippen molar-refractivity contribution >= 4 is 17.9 Å². The van der Waals surface area contributed by atoms with Crippen molar-refractivity contribution in [3.63, 3.8) is 0 Å². The van der Waals surface area contributed by atoms with Gasteiger partial charge >= 0.3 is 17.9 Å². The average Bonchev–Trinajstić information content (AvgIpc) is 3.42. The largest absolute Gasteiger partial charge is 0.462 e. The van der Waals surface area contributed by atoms with E-state index in [4.69, 9.17) is 14.2 Å². The third kappa shape index (κ3) is 61.2. The summed E-state index contributed by atoms with van der Waals surface area (Å²) in [6.45, 7) is 6.42. The molecule has 0 spiro atoms. The highest BCUT2D eigenvalue weighted by atomic mass is 16.6. The van der Waals surface area contributed by atoms with E-state index in [9.17, 15) is 14.4 Å². The van der Waals surface area contributed by atoms with Crippen LogP contribution in [-0.2, 0) is 28.6 Å². The van der Waals surface area contributed by atoms with Crippen LogP contribution in [0.5, 0.6) is 0 Å². The minimum absolute atomic E-state index is 0.0860. The first kappa shape index (κ1) is 72.3. The van der Waals surface area contributed by atoms with E-state index in [-0.39, 0.29) is 31.1 Å². The topological polar surface area (TPSA) is 78.9 Å². The average molecular weight is 1060 g/mol. The Labute approximate surface area is 470 Å². The number of hydrogen-bond donors (Lipinski definition) is 0. The van der Waals surface area contributed by atoms with Gasteiger partial charge in [-0.2, -0.15) is 0 Å². The van der Waals surface area contributed by atoms with Gasteiger partial charge in [0.1, 0.15) is 13.2 Å². The fourth-order valence-electron chi connectivity index (χ4n) is 9.07. The second-order valence-electron chi connectivity index (χ2n) is 21.3. The van der Waals surface area contributed by atoms with Gasteiger partial charge < -0.3 is 14.2 Å². The Balaban J connectivity index is 4.30. The summed E-state index contributed by atoms with van der Waals surface area (Å²) in [5, 5.41) is 0. The van der Waals surface area contributed by atoms with Crippen LogP contribution in [0.3, 0.4) is 0 Å². The summed E-state index contributed by atoms with van der Waals surface area (Å²) in [6.07, 6.45) is 85.6. The van der Waals surface area contributed by atoms with Crippen molar-refractivity contribution in [2.75, 3.05) is 13.2 Å². The Hall–Kier alpha value is -3.67. The molecule has 0 saturated heterocycles. The molecule has 76 heavy (non-hydrogen) atoms. The SMILES string of the molecule is CC/C=C\C/C=C\C/C=C\C/C=C\C/C=C\CCCCCCCCCCCCCC(=O)OCC(COC(=O)CCCCC/C=C\C/C=C\C/C=C\CC)OC(=O)CCCCCCCCCCCCCCCCCCCC. The van der Waals surface area contributed by atoms with Gasteiger partial charge in [0.25, 0.3) is 0 Å².